The molecule has 1 aliphatic heterocycles. The third-order valence-electron chi connectivity index (χ3n) is 3.55. The quantitative estimate of drug-likeness (QED) is 0.897. The Labute approximate surface area is 127 Å². The maximum atomic E-state index is 12.0. The Balaban J connectivity index is 2.16. The number of benzene rings is 1. The number of nitrogens with zero attached hydrogens (tertiary/aromatic N) is 1. The predicted molar refractivity (Wildman–Crippen MR) is 78.4 cm³/mol. The molecule has 1 aliphatic rings. The van der Waals surface area contributed by atoms with Crippen LogP contribution in [0.1, 0.15) is 31.2 Å². The second kappa shape index (κ2) is 6.20. The van der Waals surface area contributed by atoms with Gasteiger partial charge in [-0.05, 0) is 25.5 Å². The highest BCUT2D eigenvalue weighted by Gasteiger charge is 2.33. The molecule has 1 heterocycles. The molecule has 110 valence electrons. The summed E-state index contributed by atoms with van der Waals surface area (Å²) in [6.07, 6.45) is 0.395. The number of phenolic OH excluding ortho intramolecular Hbond substituents is 1. The van der Waals surface area contributed by atoms with Crippen molar-refractivity contribution < 1.29 is 15.0 Å². The second-order valence-corrected chi connectivity index (χ2v) is 5.96. The van der Waals surface area contributed by atoms with E-state index in [0.29, 0.717) is 41.5 Å². The van der Waals surface area contributed by atoms with Crippen LogP contribution in [-0.4, -0.2) is 40.2 Å². The number of amides is 1. The average Bonchev–Trinajstić information content (AvgIpc) is 2.73. The van der Waals surface area contributed by atoms with Gasteiger partial charge in [0.2, 0.25) is 5.91 Å². The van der Waals surface area contributed by atoms with Crippen LogP contribution in [0.5, 0.6) is 5.75 Å². The molecule has 1 unspecified atom stereocenters. The number of aliphatic hydroxyl groups is 1. The zero-order chi connectivity index (χ0) is 14.9. The number of halogens is 2. The monoisotopic (exact) mass is 317 g/mol. The molecule has 20 heavy (non-hydrogen) atoms. The van der Waals surface area contributed by atoms with Crippen molar-refractivity contribution in [3.05, 3.63) is 27.7 Å². The minimum atomic E-state index is -0.440. The molecular formula is C14H17Cl2NO3. The van der Waals surface area contributed by atoms with Crippen molar-refractivity contribution >= 4 is 29.1 Å². The third kappa shape index (κ3) is 3.19. The molecule has 0 aromatic heterocycles. The lowest BCUT2D eigenvalue weighted by atomic mass is 9.97. The minimum absolute atomic E-state index is 0.00564. The molecule has 0 aliphatic carbocycles. The normalized spacial score (nSPS) is 20.5. The number of aromatic hydroxyl groups is 1. The molecule has 6 heteroatoms. The summed E-state index contributed by atoms with van der Waals surface area (Å²) in [7, 11) is 0. The van der Waals surface area contributed by atoms with Crippen LogP contribution in [0, 0.1) is 0 Å². The summed E-state index contributed by atoms with van der Waals surface area (Å²) in [6.45, 7) is 2.68. The van der Waals surface area contributed by atoms with E-state index >= 15 is 0 Å². The lowest BCUT2D eigenvalue weighted by Gasteiger charge is -2.18. The lowest BCUT2D eigenvalue weighted by molar-refractivity contribution is -0.127. The van der Waals surface area contributed by atoms with Gasteiger partial charge in [-0.25, -0.2) is 0 Å². The van der Waals surface area contributed by atoms with Gasteiger partial charge in [0.1, 0.15) is 5.75 Å². The molecule has 0 radical (unpaired) electrons. The molecule has 2 atom stereocenters. The zero-order valence-corrected chi connectivity index (χ0v) is 12.7. The maximum Gasteiger partial charge on any atom is 0.223 e. The zero-order valence-electron chi connectivity index (χ0n) is 11.1. The minimum Gasteiger partial charge on any atom is -0.508 e. The van der Waals surface area contributed by atoms with Crippen molar-refractivity contribution in [3.8, 4) is 5.75 Å². The van der Waals surface area contributed by atoms with Gasteiger partial charge in [0, 0.05) is 31.0 Å². The summed E-state index contributed by atoms with van der Waals surface area (Å²) in [5, 5.41) is 19.9. The smallest absolute Gasteiger partial charge is 0.223 e. The molecule has 0 spiro atoms. The molecule has 1 fully saturated rings. The van der Waals surface area contributed by atoms with Crippen LogP contribution < -0.4 is 0 Å². The fourth-order valence-corrected chi connectivity index (χ4v) is 2.95. The van der Waals surface area contributed by atoms with E-state index in [4.69, 9.17) is 23.2 Å². The Hall–Kier alpha value is -0.970. The van der Waals surface area contributed by atoms with Crippen LogP contribution in [-0.2, 0) is 4.79 Å². The van der Waals surface area contributed by atoms with Crippen molar-refractivity contribution in [2.45, 2.75) is 31.8 Å². The van der Waals surface area contributed by atoms with Crippen LogP contribution >= 0.6 is 23.2 Å². The van der Waals surface area contributed by atoms with E-state index in [0.717, 1.165) is 0 Å². The topological polar surface area (TPSA) is 60.8 Å². The highest BCUT2D eigenvalue weighted by atomic mass is 35.5. The van der Waals surface area contributed by atoms with Gasteiger partial charge in [0.25, 0.3) is 0 Å². The highest BCUT2D eigenvalue weighted by molar-refractivity contribution is 6.42. The van der Waals surface area contributed by atoms with Gasteiger partial charge in [-0.2, -0.15) is 0 Å². The van der Waals surface area contributed by atoms with E-state index in [2.05, 4.69) is 0 Å². The van der Waals surface area contributed by atoms with Gasteiger partial charge >= 0.3 is 0 Å². The summed E-state index contributed by atoms with van der Waals surface area (Å²) >= 11 is 12.1. The van der Waals surface area contributed by atoms with Gasteiger partial charge in [0.15, 0.2) is 0 Å². The van der Waals surface area contributed by atoms with E-state index in [9.17, 15) is 15.0 Å². The van der Waals surface area contributed by atoms with Crippen LogP contribution in [0.15, 0.2) is 12.1 Å². The molecule has 1 saturated heterocycles. The summed E-state index contributed by atoms with van der Waals surface area (Å²) < 4.78 is 0. The molecule has 4 nitrogen and oxygen atoms in total. The van der Waals surface area contributed by atoms with Crippen LogP contribution in [0.25, 0.3) is 0 Å². The summed E-state index contributed by atoms with van der Waals surface area (Å²) in [5.74, 6) is -0.0941. The number of carbonyl (C=O) groups is 1. The van der Waals surface area contributed by atoms with E-state index in [1.54, 1.807) is 11.8 Å². The Morgan fingerprint density at radius 2 is 2.15 bits per heavy atom. The molecule has 2 rings (SSSR count). The number of hydrogen-bond donors (Lipinski definition) is 2. The predicted octanol–water partition coefficient (Wildman–Crippen LogP) is 2.79. The summed E-state index contributed by atoms with van der Waals surface area (Å²) in [4.78, 5) is 13.7. The molecule has 1 amide bonds. The lowest BCUT2D eigenvalue weighted by Crippen LogP contribution is -2.28. The Bertz CT molecular complexity index is 519. The molecule has 0 bridgehead atoms. The SMILES string of the molecule is CC(O)CCN1C[C@H](c2c(O)ccc(Cl)c2Cl)CC1=O. The van der Waals surface area contributed by atoms with E-state index in [-0.39, 0.29) is 17.6 Å². The molecular weight excluding hydrogens is 301 g/mol. The molecule has 1 aromatic rings. The Morgan fingerprint density at radius 3 is 2.80 bits per heavy atom. The van der Waals surface area contributed by atoms with Gasteiger partial charge in [-0.3, -0.25) is 4.79 Å². The Kier molecular flexibility index (Phi) is 4.78. The van der Waals surface area contributed by atoms with Gasteiger partial charge < -0.3 is 15.1 Å². The molecule has 2 N–H and O–H groups in total. The fourth-order valence-electron chi connectivity index (χ4n) is 2.47. The van der Waals surface area contributed by atoms with Crippen LogP contribution in [0.4, 0.5) is 0 Å². The average molecular weight is 318 g/mol. The molecule has 0 saturated carbocycles. The first-order valence-corrected chi connectivity index (χ1v) is 7.28. The van der Waals surface area contributed by atoms with E-state index in [1.165, 1.54) is 12.1 Å². The Morgan fingerprint density at radius 1 is 1.45 bits per heavy atom. The van der Waals surface area contributed by atoms with Crippen molar-refractivity contribution in [1.82, 2.24) is 4.90 Å². The summed E-state index contributed by atoms with van der Waals surface area (Å²) in [5.41, 5.74) is 0.534. The first-order valence-electron chi connectivity index (χ1n) is 6.52. The van der Waals surface area contributed by atoms with Crippen molar-refractivity contribution in [1.29, 1.82) is 0 Å². The first-order chi connectivity index (χ1) is 9.40. The largest absolute Gasteiger partial charge is 0.508 e. The second-order valence-electron chi connectivity index (χ2n) is 5.17. The van der Waals surface area contributed by atoms with E-state index in [1.807, 2.05) is 0 Å². The number of rotatable bonds is 4. The first kappa shape index (κ1) is 15.4. The van der Waals surface area contributed by atoms with Crippen molar-refractivity contribution in [2.24, 2.45) is 0 Å². The van der Waals surface area contributed by atoms with E-state index < -0.39 is 6.10 Å². The summed E-state index contributed by atoms with van der Waals surface area (Å²) in [6, 6.07) is 3.02. The number of likely N-dealkylation sites (tertiary alicyclic amines) is 1. The number of carbonyl (C=O) groups excluding carboxylic acids is 1. The number of hydrogen-bond acceptors (Lipinski definition) is 3. The standard InChI is InChI=1S/C14H17Cl2NO3/c1-8(18)4-5-17-7-9(6-12(17)20)13-11(19)3-2-10(15)14(13)16/h2-3,8-9,18-19H,4-7H2,1H3/t8?,9-/m1/s1. The third-order valence-corrected chi connectivity index (χ3v) is 4.37. The highest BCUT2D eigenvalue weighted by Crippen LogP contribution is 2.41. The van der Waals surface area contributed by atoms with Crippen molar-refractivity contribution in [2.75, 3.05) is 13.1 Å². The maximum absolute atomic E-state index is 12.0. The fraction of sp³-hybridized carbons (Fsp3) is 0.500. The number of phenols is 1. The van der Waals surface area contributed by atoms with Crippen LogP contribution in [0.3, 0.4) is 0 Å². The van der Waals surface area contributed by atoms with Crippen molar-refractivity contribution in [3.63, 3.8) is 0 Å². The number of aliphatic hydroxyl groups excluding tert-OH is 1. The van der Waals surface area contributed by atoms with Gasteiger partial charge in [-0.15, -0.1) is 0 Å². The van der Waals surface area contributed by atoms with Gasteiger partial charge in [0.05, 0.1) is 16.1 Å². The van der Waals surface area contributed by atoms with Crippen LogP contribution in [0.2, 0.25) is 10.0 Å². The molecule has 1 aromatic carbocycles. The van der Waals surface area contributed by atoms with Gasteiger partial charge in [-0.1, -0.05) is 23.2 Å².